The van der Waals surface area contributed by atoms with Crippen molar-refractivity contribution in [2.75, 3.05) is 14.2 Å². The van der Waals surface area contributed by atoms with E-state index < -0.39 is 6.17 Å². The minimum Gasteiger partial charge on any atom is -0.497 e. The third kappa shape index (κ3) is 3.51. The van der Waals surface area contributed by atoms with Crippen LogP contribution in [0.1, 0.15) is 12.5 Å². The van der Waals surface area contributed by atoms with E-state index in [1.807, 2.05) is 31.2 Å². The summed E-state index contributed by atoms with van der Waals surface area (Å²) in [4.78, 5) is 0. The average Bonchev–Trinajstić information content (AvgIpc) is 2.28. The van der Waals surface area contributed by atoms with Gasteiger partial charge in [0.15, 0.2) is 0 Å². The summed E-state index contributed by atoms with van der Waals surface area (Å²) in [6.07, 6.45) is -0.457. The van der Waals surface area contributed by atoms with Gasteiger partial charge in [-0.15, -0.1) is 0 Å². The number of benzene rings is 1. The third-order valence-electron chi connectivity index (χ3n) is 2.56. The largest absolute Gasteiger partial charge is 0.497 e. The van der Waals surface area contributed by atoms with Gasteiger partial charge in [-0.05, 0) is 31.7 Å². The van der Waals surface area contributed by atoms with Crippen LogP contribution in [-0.4, -0.2) is 26.4 Å². The molecular weight excluding hydrogens is 193 g/mol. The smallest absolute Gasteiger partial charge is 0.119 e. The van der Waals surface area contributed by atoms with Gasteiger partial charge in [0.05, 0.1) is 7.11 Å². The van der Waals surface area contributed by atoms with E-state index >= 15 is 0 Å². The van der Waals surface area contributed by atoms with Crippen molar-refractivity contribution in [1.29, 1.82) is 0 Å². The van der Waals surface area contributed by atoms with Crippen LogP contribution >= 0.6 is 0 Å². The molecule has 1 aromatic carbocycles. The van der Waals surface area contributed by atoms with Gasteiger partial charge in [-0.25, -0.2) is 4.39 Å². The SMILES string of the molecule is CNC(C)C(F)Cc1cccc(OC)c1. The molecule has 1 N–H and O–H groups in total. The van der Waals surface area contributed by atoms with Gasteiger partial charge >= 0.3 is 0 Å². The Balaban J connectivity index is 2.63. The molecule has 15 heavy (non-hydrogen) atoms. The van der Waals surface area contributed by atoms with Crippen molar-refractivity contribution in [1.82, 2.24) is 5.32 Å². The van der Waals surface area contributed by atoms with Crippen LogP contribution in [0, 0.1) is 0 Å². The molecule has 1 aromatic rings. The summed E-state index contributed by atoms with van der Waals surface area (Å²) >= 11 is 0. The van der Waals surface area contributed by atoms with Crippen LogP contribution < -0.4 is 10.1 Å². The molecule has 0 saturated heterocycles. The number of methoxy groups -OCH3 is 1. The maximum Gasteiger partial charge on any atom is 0.119 e. The highest BCUT2D eigenvalue weighted by molar-refractivity contribution is 5.28. The van der Waals surface area contributed by atoms with Gasteiger partial charge in [0, 0.05) is 12.5 Å². The van der Waals surface area contributed by atoms with Gasteiger partial charge in [-0.2, -0.15) is 0 Å². The number of hydrogen-bond acceptors (Lipinski definition) is 2. The number of nitrogens with one attached hydrogen (secondary N) is 1. The van der Waals surface area contributed by atoms with E-state index in [2.05, 4.69) is 5.32 Å². The minimum atomic E-state index is -0.873. The summed E-state index contributed by atoms with van der Waals surface area (Å²) in [6, 6.07) is 7.39. The lowest BCUT2D eigenvalue weighted by Gasteiger charge is -2.16. The number of ether oxygens (including phenoxy) is 1. The summed E-state index contributed by atoms with van der Waals surface area (Å²) < 4.78 is 18.7. The molecule has 3 heteroatoms. The Labute approximate surface area is 90.4 Å². The zero-order chi connectivity index (χ0) is 11.3. The lowest BCUT2D eigenvalue weighted by atomic mass is 10.0. The van der Waals surface area contributed by atoms with Gasteiger partial charge < -0.3 is 10.1 Å². The standard InChI is InChI=1S/C12H18FNO/c1-9(14-2)12(13)8-10-5-4-6-11(7-10)15-3/h4-7,9,12,14H,8H2,1-3H3. The zero-order valence-electron chi connectivity index (χ0n) is 9.46. The van der Waals surface area contributed by atoms with Crippen LogP contribution in [0.5, 0.6) is 5.75 Å². The van der Waals surface area contributed by atoms with E-state index in [1.165, 1.54) is 0 Å². The van der Waals surface area contributed by atoms with Crippen LogP contribution in [0.2, 0.25) is 0 Å². The Kier molecular flexibility index (Phi) is 4.56. The lowest BCUT2D eigenvalue weighted by molar-refractivity contribution is 0.267. The molecule has 0 amide bonds. The van der Waals surface area contributed by atoms with E-state index in [-0.39, 0.29) is 6.04 Å². The molecule has 0 heterocycles. The Morgan fingerprint density at radius 1 is 1.47 bits per heavy atom. The number of rotatable bonds is 5. The summed E-state index contributed by atoms with van der Waals surface area (Å²) in [6.45, 7) is 1.84. The Morgan fingerprint density at radius 3 is 2.80 bits per heavy atom. The first kappa shape index (κ1) is 12.0. The average molecular weight is 211 g/mol. The first-order valence-electron chi connectivity index (χ1n) is 5.11. The van der Waals surface area contributed by atoms with Crippen molar-refractivity contribution in [2.24, 2.45) is 0 Å². The van der Waals surface area contributed by atoms with E-state index in [4.69, 9.17) is 4.74 Å². The molecule has 1 rings (SSSR count). The quantitative estimate of drug-likeness (QED) is 0.806. The van der Waals surface area contributed by atoms with Crippen molar-refractivity contribution >= 4 is 0 Å². The second-order valence-electron chi connectivity index (χ2n) is 3.65. The molecule has 0 aliphatic heterocycles. The van der Waals surface area contributed by atoms with E-state index in [9.17, 15) is 4.39 Å². The molecule has 0 aromatic heterocycles. The first-order valence-corrected chi connectivity index (χ1v) is 5.11. The maximum atomic E-state index is 13.6. The second-order valence-corrected chi connectivity index (χ2v) is 3.65. The highest BCUT2D eigenvalue weighted by Gasteiger charge is 2.14. The van der Waals surface area contributed by atoms with Crippen molar-refractivity contribution in [3.8, 4) is 5.75 Å². The molecular formula is C12H18FNO. The van der Waals surface area contributed by atoms with Crippen LogP contribution in [0.15, 0.2) is 24.3 Å². The lowest BCUT2D eigenvalue weighted by Crippen LogP contribution is -2.33. The Bertz CT molecular complexity index is 303. The number of halogens is 1. The molecule has 0 saturated carbocycles. The predicted octanol–water partition coefficient (Wildman–Crippen LogP) is 2.18. The van der Waals surface area contributed by atoms with Gasteiger partial charge in [0.2, 0.25) is 0 Å². The van der Waals surface area contributed by atoms with Crippen molar-refractivity contribution in [3.63, 3.8) is 0 Å². The fourth-order valence-electron chi connectivity index (χ4n) is 1.38. The fraction of sp³-hybridized carbons (Fsp3) is 0.500. The normalized spacial score (nSPS) is 14.7. The second kappa shape index (κ2) is 5.71. The summed E-state index contributed by atoms with van der Waals surface area (Å²) in [5.41, 5.74) is 0.962. The van der Waals surface area contributed by atoms with Gasteiger partial charge in [0.1, 0.15) is 11.9 Å². The molecule has 0 aliphatic rings. The molecule has 84 valence electrons. The third-order valence-corrected chi connectivity index (χ3v) is 2.56. The molecule has 0 fully saturated rings. The monoisotopic (exact) mass is 211 g/mol. The molecule has 0 spiro atoms. The van der Waals surface area contributed by atoms with Crippen LogP contribution in [0.4, 0.5) is 4.39 Å². The van der Waals surface area contributed by atoms with Crippen molar-refractivity contribution in [2.45, 2.75) is 25.6 Å². The minimum absolute atomic E-state index is 0.129. The topological polar surface area (TPSA) is 21.3 Å². The highest BCUT2D eigenvalue weighted by Crippen LogP contribution is 2.15. The van der Waals surface area contributed by atoms with Gasteiger partial charge in [-0.1, -0.05) is 12.1 Å². The Hall–Kier alpha value is -1.09. The van der Waals surface area contributed by atoms with Crippen LogP contribution in [0.3, 0.4) is 0 Å². The molecule has 0 bridgehead atoms. The highest BCUT2D eigenvalue weighted by atomic mass is 19.1. The summed E-state index contributed by atoms with van der Waals surface area (Å²) in [5.74, 6) is 0.775. The number of alkyl halides is 1. The maximum absolute atomic E-state index is 13.6. The van der Waals surface area contributed by atoms with Crippen LogP contribution in [0.25, 0.3) is 0 Å². The fourth-order valence-corrected chi connectivity index (χ4v) is 1.38. The van der Waals surface area contributed by atoms with E-state index in [1.54, 1.807) is 14.2 Å². The molecule has 0 aliphatic carbocycles. The van der Waals surface area contributed by atoms with Gasteiger partial charge in [-0.3, -0.25) is 0 Å². The predicted molar refractivity (Wildman–Crippen MR) is 60.1 cm³/mol. The molecule has 2 nitrogen and oxygen atoms in total. The first-order chi connectivity index (χ1) is 7.17. The van der Waals surface area contributed by atoms with Gasteiger partial charge in [0.25, 0.3) is 0 Å². The van der Waals surface area contributed by atoms with Crippen molar-refractivity contribution in [3.05, 3.63) is 29.8 Å². The molecule has 2 atom stereocenters. The van der Waals surface area contributed by atoms with E-state index in [0.29, 0.717) is 6.42 Å². The molecule has 2 unspecified atom stereocenters. The summed E-state index contributed by atoms with van der Waals surface area (Å²) in [5, 5.41) is 2.91. The number of hydrogen-bond donors (Lipinski definition) is 1. The zero-order valence-corrected chi connectivity index (χ0v) is 9.46. The Morgan fingerprint density at radius 2 is 2.20 bits per heavy atom. The van der Waals surface area contributed by atoms with Crippen molar-refractivity contribution < 1.29 is 9.13 Å². The molecule has 0 radical (unpaired) electrons. The van der Waals surface area contributed by atoms with E-state index in [0.717, 1.165) is 11.3 Å². The van der Waals surface area contributed by atoms with Crippen LogP contribution in [-0.2, 0) is 6.42 Å². The summed E-state index contributed by atoms with van der Waals surface area (Å²) in [7, 11) is 3.38.